The highest BCUT2D eigenvalue weighted by Crippen LogP contribution is 2.20. The summed E-state index contributed by atoms with van der Waals surface area (Å²) in [5.74, 6) is -0.712. The normalized spacial score (nSPS) is 15.7. The van der Waals surface area contributed by atoms with E-state index in [-0.39, 0.29) is 16.4 Å². The van der Waals surface area contributed by atoms with E-state index >= 15 is 0 Å². The number of sulfonamides is 1. The van der Waals surface area contributed by atoms with Crippen LogP contribution in [0.4, 0.5) is 5.69 Å². The fourth-order valence-corrected chi connectivity index (χ4v) is 4.53. The number of carbonyl (C=O) groups excluding carboxylic acids is 2. The fraction of sp³-hybridized carbons (Fsp3) is 0.300. The predicted octanol–water partition coefficient (Wildman–Crippen LogP) is 1.23. The number of hydrogen-bond acceptors (Lipinski definition) is 5. The summed E-state index contributed by atoms with van der Waals surface area (Å²) < 4.78 is 27.3. The van der Waals surface area contributed by atoms with Gasteiger partial charge in [0.1, 0.15) is 0 Å². The second kappa shape index (κ2) is 8.73. The van der Waals surface area contributed by atoms with Crippen LogP contribution in [0.25, 0.3) is 0 Å². The van der Waals surface area contributed by atoms with Crippen molar-refractivity contribution < 1.29 is 18.0 Å². The highest BCUT2D eigenvalue weighted by Gasteiger charge is 2.28. The zero-order valence-corrected chi connectivity index (χ0v) is 17.2. The van der Waals surface area contributed by atoms with Crippen molar-refractivity contribution in [2.24, 2.45) is 0 Å². The Morgan fingerprint density at radius 1 is 0.897 bits per heavy atom. The SMILES string of the molecule is CNC(=O)c1cccc(NC(=O)c2cccc(S(=O)(=O)N3CCN(C)CC3)c2)c1. The molecule has 0 unspecified atom stereocenters. The van der Waals surface area contributed by atoms with Gasteiger partial charge in [-0.15, -0.1) is 0 Å². The molecule has 1 aliphatic rings. The van der Waals surface area contributed by atoms with Crippen LogP contribution in [-0.2, 0) is 10.0 Å². The highest BCUT2D eigenvalue weighted by molar-refractivity contribution is 7.89. The molecule has 0 radical (unpaired) electrons. The first kappa shape index (κ1) is 21.0. The number of rotatable bonds is 5. The van der Waals surface area contributed by atoms with Crippen LogP contribution >= 0.6 is 0 Å². The van der Waals surface area contributed by atoms with Gasteiger partial charge in [-0.05, 0) is 43.4 Å². The lowest BCUT2D eigenvalue weighted by Crippen LogP contribution is -2.47. The average Bonchev–Trinajstić information content (AvgIpc) is 2.73. The molecule has 2 aromatic carbocycles. The first-order valence-corrected chi connectivity index (χ1v) is 10.7. The summed E-state index contributed by atoms with van der Waals surface area (Å²) in [7, 11) is -0.182. The lowest BCUT2D eigenvalue weighted by atomic mass is 10.1. The molecule has 29 heavy (non-hydrogen) atoms. The first-order chi connectivity index (χ1) is 13.8. The average molecular weight is 417 g/mol. The van der Waals surface area contributed by atoms with E-state index in [1.165, 1.54) is 23.5 Å². The minimum Gasteiger partial charge on any atom is -0.355 e. The van der Waals surface area contributed by atoms with E-state index in [1.54, 1.807) is 36.4 Å². The zero-order valence-electron chi connectivity index (χ0n) is 16.4. The Kier molecular flexibility index (Phi) is 6.31. The van der Waals surface area contributed by atoms with Crippen molar-refractivity contribution in [1.29, 1.82) is 0 Å². The molecule has 0 bridgehead atoms. The van der Waals surface area contributed by atoms with Crippen molar-refractivity contribution in [2.75, 3.05) is 45.6 Å². The fourth-order valence-electron chi connectivity index (χ4n) is 3.06. The number of benzene rings is 2. The molecule has 1 saturated heterocycles. The maximum absolute atomic E-state index is 12.9. The lowest BCUT2D eigenvalue weighted by Gasteiger charge is -2.31. The summed E-state index contributed by atoms with van der Waals surface area (Å²) in [4.78, 5) is 26.5. The summed E-state index contributed by atoms with van der Waals surface area (Å²) >= 11 is 0. The van der Waals surface area contributed by atoms with Crippen molar-refractivity contribution in [3.8, 4) is 0 Å². The Bertz CT molecular complexity index is 1010. The summed E-state index contributed by atoms with van der Waals surface area (Å²) in [6.45, 7) is 2.17. The third-order valence-electron chi connectivity index (χ3n) is 4.81. The molecule has 0 spiro atoms. The maximum Gasteiger partial charge on any atom is 0.255 e. The molecule has 9 heteroatoms. The molecule has 1 aliphatic heterocycles. The zero-order chi connectivity index (χ0) is 21.0. The minimum atomic E-state index is -3.66. The second-order valence-electron chi connectivity index (χ2n) is 6.85. The largest absolute Gasteiger partial charge is 0.355 e. The number of nitrogens with one attached hydrogen (secondary N) is 2. The summed E-state index contributed by atoms with van der Waals surface area (Å²) in [5.41, 5.74) is 1.09. The van der Waals surface area contributed by atoms with Crippen molar-refractivity contribution in [3.63, 3.8) is 0 Å². The van der Waals surface area contributed by atoms with Gasteiger partial charge in [0.2, 0.25) is 10.0 Å². The summed E-state index contributed by atoms with van der Waals surface area (Å²) in [6, 6.07) is 12.5. The van der Waals surface area contributed by atoms with Gasteiger partial charge in [0.15, 0.2) is 0 Å². The minimum absolute atomic E-state index is 0.0915. The molecule has 0 aromatic heterocycles. The first-order valence-electron chi connectivity index (χ1n) is 9.23. The molecule has 0 atom stereocenters. The van der Waals surface area contributed by atoms with Gasteiger partial charge in [0.25, 0.3) is 11.8 Å². The molecule has 0 aliphatic carbocycles. The van der Waals surface area contributed by atoms with Crippen LogP contribution in [0.3, 0.4) is 0 Å². The van der Waals surface area contributed by atoms with Gasteiger partial charge in [0.05, 0.1) is 4.90 Å². The number of hydrogen-bond donors (Lipinski definition) is 2. The Morgan fingerprint density at radius 3 is 2.17 bits per heavy atom. The molecular weight excluding hydrogens is 392 g/mol. The van der Waals surface area contributed by atoms with Crippen molar-refractivity contribution >= 4 is 27.5 Å². The van der Waals surface area contributed by atoms with E-state index in [1.807, 2.05) is 7.05 Å². The molecule has 154 valence electrons. The number of carbonyl (C=O) groups is 2. The van der Waals surface area contributed by atoms with Gasteiger partial charge in [-0.1, -0.05) is 12.1 Å². The van der Waals surface area contributed by atoms with Gasteiger partial charge in [0, 0.05) is 50.0 Å². The van der Waals surface area contributed by atoms with E-state index in [0.29, 0.717) is 37.4 Å². The van der Waals surface area contributed by atoms with Crippen molar-refractivity contribution in [2.45, 2.75) is 4.90 Å². The van der Waals surface area contributed by atoms with Crippen LogP contribution in [0.5, 0.6) is 0 Å². The molecular formula is C20H24N4O4S. The van der Waals surface area contributed by atoms with Crippen LogP contribution in [0.2, 0.25) is 0 Å². The van der Waals surface area contributed by atoms with E-state index in [2.05, 4.69) is 15.5 Å². The van der Waals surface area contributed by atoms with Crippen LogP contribution in [-0.4, -0.2) is 69.7 Å². The molecule has 2 aromatic rings. The Balaban J connectivity index is 1.79. The number of nitrogens with zero attached hydrogens (tertiary/aromatic N) is 2. The second-order valence-corrected chi connectivity index (χ2v) is 8.79. The Labute approximate surface area is 170 Å². The number of anilines is 1. The monoisotopic (exact) mass is 416 g/mol. The standard InChI is InChI=1S/C20H24N4O4S/c1-21-19(25)15-5-3-7-17(13-15)22-20(26)16-6-4-8-18(14-16)29(27,28)24-11-9-23(2)10-12-24/h3-8,13-14H,9-12H2,1-2H3,(H,21,25)(H,22,26). The van der Waals surface area contributed by atoms with Gasteiger partial charge >= 0.3 is 0 Å². The van der Waals surface area contributed by atoms with E-state index < -0.39 is 15.9 Å². The van der Waals surface area contributed by atoms with Crippen LogP contribution in [0, 0.1) is 0 Å². The molecule has 8 nitrogen and oxygen atoms in total. The molecule has 2 N–H and O–H groups in total. The third-order valence-corrected chi connectivity index (χ3v) is 6.70. The number of piperazine rings is 1. The van der Waals surface area contributed by atoms with Gasteiger partial charge in [-0.3, -0.25) is 9.59 Å². The lowest BCUT2D eigenvalue weighted by molar-refractivity contribution is 0.0961. The summed E-state index contributed by atoms with van der Waals surface area (Å²) in [6.07, 6.45) is 0. The molecule has 2 amide bonds. The van der Waals surface area contributed by atoms with Gasteiger partial charge < -0.3 is 15.5 Å². The molecule has 3 rings (SSSR count). The Hall–Kier alpha value is -2.75. The van der Waals surface area contributed by atoms with E-state index in [9.17, 15) is 18.0 Å². The van der Waals surface area contributed by atoms with Crippen molar-refractivity contribution in [3.05, 3.63) is 59.7 Å². The van der Waals surface area contributed by atoms with Crippen LogP contribution in [0.1, 0.15) is 20.7 Å². The highest BCUT2D eigenvalue weighted by atomic mass is 32.2. The quantitative estimate of drug-likeness (QED) is 0.764. The maximum atomic E-state index is 12.9. The summed E-state index contributed by atoms with van der Waals surface area (Å²) in [5, 5.41) is 5.23. The third kappa shape index (κ3) is 4.81. The molecule has 1 fully saturated rings. The van der Waals surface area contributed by atoms with Crippen LogP contribution < -0.4 is 10.6 Å². The van der Waals surface area contributed by atoms with Crippen LogP contribution in [0.15, 0.2) is 53.4 Å². The topological polar surface area (TPSA) is 98.8 Å². The van der Waals surface area contributed by atoms with Crippen molar-refractivity contribution in [1.82, 2.24) is 14.5 Å². The van der Waals surface area contributed by atoms with Gasteiger partial charge in [-0.2, -0.15) is 4.31 Å². The molecule has 0 saturated carbocycles. The number of likely N-dealkylation sites (N-methyl/N-ethyl adjacent to an activating group) is 1. The smallest absolute Gasteiger partial charge is 0.255 e. The predicted molar refractivity (Wildman–Crippen MR) is 110 cm³/mol. The van der Waals surface area contributed by atoms with E-state index in [4.69, 9.17) is 0 Å². The Morgan fingerprint density at radius 2 is 1.52 bits per heavy atom. The van der Waals surface area contributed by atoms with Gasteiger partial charge in [-0.25, -0.2) is 8.42 Å². The molecule has 1 heterocycles. The number of amides is 2. The van der Waals surface area contributed by atoms with E-state index in [0.717, 1.165) is 0 Å².